The van der Waals surface area contributed by atoms with E-state index in [4.69, 9.17) is 16.2 Å². The Hall–Kier alpha value is -2.26. The number of unbranched alkanes of at least 4 members (excludes halogenated alkanes) is 2. The van der Waals surface area contributed by atoms with E-state index >= 15 is 0 Å². The van der Waals surface area contributed by atoms with Crippen molar-refractivity contribution in [2.45, 2.75) is 57.3 Å². The molecule has 0 spiro atoms. The quantitative estimate of drug-likeness (QED) is 0.202. The number of carbonyl (C=O) groups is 1. The van der Waals surface area contributed by atoms with Gasteiger partial charge in [-0.3, -0.25) is 0 Å². The van der Waals surface area contributed by atoms with Gasteiger partial charge in [-0.25, -0.2) is 4.79 Å². The summed E-state index contributed by atoms with van der Waals surface area (Å²) in [6, 6.07) is 7.47. The minimum Gasteiger partial charge on any atom is -0.478 e. The van der Waals surface area contributed by atoms with Crippen molar-refractivity contribution >= 4 is 5.97 Å². The molecule has 0 bridgehead atoms. The van der Waals surface area contributed by atoms with Crippen molar-refractivity contribution in [1.29, 1.82) is 5.53 Å². The SMILES string of the molecule is C=CCCCC[C@H]1CC[C@H](c2ccc(C(=O)O)cc2)CC1.[N-]=[N+]=N. The van der Waals surface area contributed by atoms with Crippen LogP contribution in [-0.2, 0) is 0 Å². The Balaban J connectivity index is 0.000000891. The molecule has 0 amide bonds. The van der Waals surface area contributed by atoms with E-state index in [-0.39, 0.29) is 0 Å². The van der Waals surface area contributed by atoms with Crippen LogP contribution in [0.15, 0.2) is 36.9 Å². The molecule has 130 valence electrons. The summed E-state index contributed by atoms with van der Waals surface area (Å²) >= 11 is 0. The minimum atomic E-state index is -0.843. The van der Waals surface area contributed by atoms with E-state index < -0.39 is 5.97 Å². The zero-order valence-electron chi connectivity index (χ0n) is 14.2. The van der Waals surface area contributed by atoms with Gasteiger partial charge in [-0.05, 0) is 78.5 Å². The molecule has 0 aliphatic heterocycles. The molecule has 0 atom stereocenters. The fourth-order valence-corrected chi connectivity index (χ4v) is 3.40. The summed E-state index contributed by atoms with van der Waals surface area (Å²) in [5, 5.41) is 8.94. The standard InChI is InChI=1S/C19H26O2.HN3/c1-2-3-4-5-6-15-7-9-16(10-8-15)17-11-13-18(14-12-17)19(20)21;1-3-2/h2,11-16H,1,3-10H2,(H,20,21);1H/t15-,16-;. The maximum atomic E-state index is 10.9. The first-order valence-electron chi connectivity index (χ1n) is 8.57. The molecule has 0 saturated heterocycles. The van der Waals surface area contributed by atoms with Gasteiger partial charge in [0.2, 0.25) is 0 Å². The summed E-state index contributed by atoms with van der Waals surface area (Å²) < 4.78 is 0. The van der Waals surface area contributed by atoms with Gasteiger partial charge in [0.25, 0.3) is 0 Å². The van der Waals surface area contributed by atoms with E-state index in [1.54, 1.807) is 17.0 Å². The van der Waals surface area contributed by atoms with Crippen molar-refractivity contribution in [1.82, 2.24) is 0 Å². The minimum absolute atomic E-state index is 0.384. The maximum Gasteiger partial charge on any atom is 0.335 e. The number of rotatable bonds is 7. The molecule has 2 rings (SSSR count). The summed E-state index contributed by atoms with van der Waals surface area (Å²) in [5.74, 6) is 0.673. The maximum absolute atomic E-state index is 10.9. The molecule has 1 aromatic rings. The Morgan fingerprint density at radius 3 is 2.33 bits per heavy atom. The molecule has 24 heavy (non-hydrogen) atoms. The first-order chi connectivity index (χ1) is 11.6. The third kappa shape index (κ3) is 6.88. The second-order valence-corrected chi connectivity index (χ2v) is 6.32. The van der Waals surface area contributed by atoms with Crippen LogP contribution >= 0.6 is 0 Å². The number of allylic oxidation sites excluding steroid dienone is 1. The number of hydrogen-bond acceptors (Lipinski definition) is 2. The molecule has 1 saturated carbocycles. The summed E-state index contributed by atoms with van der Waals surface area (Å²) in [4.78, 5) is 12.6. The van der Waals surface area contributed by atoms with Gasteiger partial charge >= 0.3 is 5.97 Å². The Kier molecular flexibility index (Phi) is 9.32. The van der Waals surface area contributed by atoms with Crippen LogP contribution in [0, 0.1) is 11.4 Å². The number of benzene rings is 1. The molecule has 1 fully saturated rings. The van der Waals surface area contributed by atoms with Gasteiger partial charge in [0.1, 0.15) is 0 Å². The van der Waals surface area contributed by atoms with E-state index in [1.807, 2.05) is 18.2 Å². The van der Waals surface area contributed by atoms with Crippen molar-refractivity contribution in [3.8, 4) is 0 Å². The number of nitrogens with one attached hydrogen (secondary N) is 1. The predicted octanol–water partition coefficient (Wildman–Crippen LogP) is 6.28. The van der Waals surface area contributed by atoms with Gasteiger partial charge in [0, 0.05) is 0 Å². The van der Waals surface area contributed by atoms with Crippen LogP contribution < -0.4 is 0 Å². The smallest absolute Gasteiger partial charge is 0.335 e. The summed E-state index contributed by atoms with van der Waals surface area (Å²) in [6.07, 6.45) is 12.3. The highest BCUT2D eigenvalue weighted by Gasteiger charge is 2.22. The summed E-state index contributed by atoms with van der Waals surface area (Å²) in [6.45, 7) is 3.77. The fourth-order valence-electron chi connectivity index (χ4n) is 3.40. The summed E-state index contributed by atoms with van der Waals surface area (Å²) in [5.41, 5.74) is 13.9. The number of carboxylic acid groups (broad SMARTS) is 1. The number of carboxylic acids is 1. The number of aromatic carboxylic acids is 1. The fraction of sp³-hybridized carbons (Fsp3) is 0.526. The molecule has 5 heteroatoms. The lowest BCUT2D eigenvalue weighted by molar-refractivity contribution is 0.0697. The van der Waals surface area contributed by atoms with Crippen molar-refractivity contribution in [3.05, 3.63) is 58.5 Å². The second kappa shape index (κ2) is 11.3. The third-order valence-electron chi connectivity index (χ3n) is 4.75. The van der Waals surface area contributed by atoms with E-state index in [0.29, 0.717) is 11.5 Å². The van der Waals surface area contributed by atoms with Crippen LogP contribution in [0.25, 0.3) is 10.4 Å². The molecule has 1 aliphatic rings. The Bertz CT molecular complexity index is 540. The van der Waals surface area contributed by atoms with Crippen molar-refractivity contribution in [2.75, 3.05) is 0 Å². The van der Waals surface area contributed by atoms with Crippen LogP contribution in [0.2, 0.25) is 0 Å². The molecular formula is C19H27N3O2. The van der Waals surface area contributed by atoms with Gasteiger partial charge in [-0.2, -0.15) is 0 Å². The lowest BCUT2D eigenvalue weighted by atomic mass is 9.77. The van der Waals surface area contributed by atoms with Crippen LogP contribution in [0.4, 0.5) is 0 Å². The number of hydrogen-bond donors (Lipinski definition) is 2. The molecule has 0 radical (unpaired) electrons. The highest BCUT2D eigenvalue weighted by atomic mass is 16.4. The van der Waals surface area contributed by atoms with E-state index in [2.05, 4.69) is 6.58 Å². The van der Waals surface area contributed by atoms with E-state index in [9.17, 15) is 4.79 Å². The molecule has 0 aromatic heterocycles. The Morgan fingerprint density at radius 2 is 1.83 bits per heavy atom. The molecule has 2 N–H and O–H groups in total. The second-order valence-electron chi connectivity index (χ2n) is 6.32. The van der Waals surface area contributed by atoms with Crippen molar-refractivity contribution in [3.63, 3.8) is 0 Å². The Morgan fingerprint density at radius 1 is 1.25 bits per heavy atom. The van der Waals surface area contributed by atoms with Gasteiger partial charge < -0.3 is 5.11 Å². The van der Waals surface area contributed by atoms with Crippen LogP contribution in [0.5, 0.6) is 0 Å². The molecule has 0 heterocycles. The molecule has 1 aliphatic carbocycles. The first-order valence-corrected chi connectivity index (χ1v) is 8.57. The molecular weight excluding hydrogens is 302 g/mol. The van der Waals surface area contributed by atoms with Gasteiger partial charge in [0.15, 0.2) is 0 Å². The largest absolute Gasteiger partial charge is 0.478 e. The Labute approximate surface area is 143 Å². The zero-order valence-corrected chi connectivity index (χ0v) is 14.2. The first kappa shape index (κ1) is 19.8. The van der Waals surface area contributed by atoms with Crippen LogP contribution in [-0.4, -0.2) is 11.1 Å². The summed E-state index contributed by atoms with van der Waals surface area (Å²) in [7, 11) is 0. The van der Waals surface area contributed by atoms with Crippen LogP contribution in [0.1, 0.15) is 73.2 Å². The topological polar surface area (TPSA) is 97.5 Å². The predicted molar refractivity (Wildman–Crippen MR) is 96.2 cm³/mol. The monoisotopic (exact) mass is 329 g/mol. The van der Waals surface area contributed by atoms with Crippen molar-refractivity contribution in [2.24, 2.45) is 5.92 Å². The average molecular weight is 329 g/mol. The molecule has 0 unspecified atom stereocenters. The molecule has 1 aromatic carbocycles. The van der Waals surface area contributed by atoms with Gasteiger partial charge in [-0.1, -0.05) is 31.1 Å². The molecule has 5 nitrogen and oxygen atoms in total. The lowest BCUT2D eigenvalue weighted by Gasteiger charge is -2.29. The van der Waals surface area contributed by atoms with Crippen LogP contribution in [0.3, 0.4) is 0 Å². The van der Waals surface area contributed by atoms with Gasteiger partial charge in [0.05, 0.1) is 5.56 Å². The third-order valence-corrected chi connectivity index (χ3v) is 4.75. The highest BCUT2D eigenvalue weighted by molar-refractivity contribution is 5.87. The number of nitrogens with zero attached hydrogens (tertiary/aromatic N) is 2. The van der Waals surface area contributed by atoms with E-state index in [1.165, 1.54) is 50.5 Å². The lowest BCUT2D eigenvalue weighted by Crippen LogP contribution is -2.13. The zero-order chi connectivity index (χ0) is 17.8. The van der Waals surface area contributed by atoms with Gasteiger partial charge in [-0.15, -0.1) is 12.1 Å². The van der Waals surface area contributed by atoms with Crippen molar-refractivity contribution < 1.29 is 9.90 Å². The van der Waals surface area contributed by atoms with E-state index in [0.717, 1.165) is 12.3 Å². The normalized spacial score (nSPS) is 19.5. The average Bonchev–Trinajstić information content (AvgIpc) is 2.60. The highest BCUT2D eigenvalue weighted by Crippen LogP contribution is 2.37.